The van der Waals surface area contributed by atoms with Crippen molar-refractivity contribution in [1.29, 1.82) is 0 Å². The van der Waals surface area contributed by atoms with Gasteiger partial charge in [-0.2, -0.15) is 18.3 Å². The van der Waals surface area contributed by atoms with E-state index in [1.165, 1.54) is 29.2 Å². The Hall–Kier alpha value is -3.38. The van der Waals surface area contributed by atoms with Gasteiger partial charge in [-0.05, 0) is 37.3 Å². The lowest BCUT2D eigenvalue weighted by Gasteiger charge is -2.50. The van der Waals surface area contributed by atoms with Crippen LogP contribution < -0.4 is 0 Å². The first-order valence-electron chi connectivity index (χ1n) is 10.1. The fourth-order valence-electron chi connectivity index (χ4n) is 4.11. The van der Waals surface area contributed by atoms with E-state index >= 15 is 0 Å². The molecule has 4 rings (SSSR count). The second-order valence-electron chi connectivity index (χ2n) is 7.89. The van der Waals surface area contributed by atoms with Crippen molar-refractivity contribution in [3.8, 4) is 0 Å². The minimum Gasteiger partial charge on any atom is -0.366 e. The second-order valence-corrected chi connectivity index (χ2v) is 7.89. The molecular formula is C22H19F5N4O3. The normalized spacial score (nSPS) is 23.2. The van der Waals surface area contributed by atoms with E-state index in [0.717, 1.165) is 36.4 Å². The monoisotopic (exact) mass is 482 g/mol. The maximum absolute atomic E-state index is 15.0. The van der Waals surface area contributed by atoms with Crippen molar-refractivity contribution in [3.05, 3.63) is 83.4 Å². The molecule has 1 aromatic heterocycles. The third kappa shape index (κ3) is 4.38. The molecule has 1 aliphatic rings. The van der Waals surface area contributed by atoms with Crippen LogP contribution in [0.25, 0.3) is 0 Å². The molecule has 0 radical (unpaired) electrons. The van der Waals surface area contributed by atoms with Crippen LogP contribution in [0.5, 0.6) is 0 Å². The number of carbonyl (C=O) groups is 1. The van der Waals surface area contributed by atoms with Crippen LogP contribution >= 0.6 is 0 Å². The average Bonchev–Trinajstić information content (AvgIpc) is 3.28. The highest BCUT2D eigenvalue weighted by atomic mass is 19.4. The number of halogens is 5. The zero-order chi connectivity index (χ0) is 24.7. The number of ether oxygens (including phenoxy) is 1. The van der Waals surface area contributed by atoms with Gasteiger partial charge in [-0.15, -0.1) is 0 Å². The number of β-amino-alcohol motifs (C(OH)–C–C–N with tert-alkyl or cyclic N) is 1. The predicted octanol–water partition coefficient (Wildman–Crippen LogP) is 3.35. The highest BCUT2D eigenvalue weighted by molar-refractivity contribution is 5.94. The van der Waals surface area contributed by atoms with Crippen LogP contribution in [0.2, 0.25) is 0 Å². The number of aliphatic hydroxyl groups excluding tert-OH is 1. The summed E-state index contributed by atoms with van der Waals surface area (Å²) < 4.78 is 74.4. The van der Waals surface area contributed by atoms with Gasteiger partial charge in [0.05, 0.1) is 24.7 Å². The molecule has 0 spiro atoms. The third-order valence-electron chi connectivity index (χ3n) is 5.81. The fraction of sp³-hybridized carbons (Fsp3) is 0.318. The van der Waals surface area contributed by atoms with Gasteiger partial charge in [0.1, 0.15) is 29.9 Å². The maximum atomic E-state index is 15.0. The molecule has 1 N–H and O–H groups in total. The van der Waals surface area contributed by atoms with Gasteiger partial charge in [0, 0.05) is 17.2 Å². The number of aromatic nitrogens is 3. The Labute approximate surface area is 190 Å². The lowest BCUT2D eigenvalue weighted by Crippen LogP contribution is -2.63. The van der Waals surface area contributed by atoms with Crippen molar-refractivity contribution >= 4 is 5.91 Å². The number of amides is 1. The summed E-state index contributed by atoms with van der Waals surface area (Å²) in [5.74, 6) is -2.50. The first kappa shape index (κ1) is 23.8. The van der Waals surface area contributed by atoms with E-state index in [1.807, 2.05) is 0 Å². The summed E-state index contributed by atoms with van der Waals surface area (Å²) >= 11 is 0. The summed E-state index contributed by atoms with van der Waals surface area (Å²) in [6.07, 6.45) is -3.61. The summed E-state index contributed by atoms with van der Waals surface area (Å²) in [7, 11) is 0. The molecule has 1 fully saturated rings. The Morgan fingerprint density at radius 1 is 1.21 bits per heavy atom. The molecule has 3 atom stereocenters. The van der Waals surface area contributed by atoms with Gasteiger partial charge in [0.25, 0.3) is 5.91 Å². The van der Waals surface area contributed by atoms with Gasteiger partial charge in [-0.25, -0.2) is 18.4 Å². The van der Waals surface area contributed by atoms with Crippen LogP contribution in [-0.2, 0) is 23.1 Å². The molecule has 0 unspecified atom stereocenters. The van der Waals surface area contributed by atoms with Gasteiger partial charge in [-0.1, -0.05) is 6.07 Å². The minimum absolute atomic E-state index is 0.0665. The van der Waals surface area contributed by atoms with Crippen LogP contribution in [-0.4, -0.2) is 49.6 Å². The molecule has 1 amide bonds. The number of benzene rings is 2. The molecule has 12 heteroatoms. The summed E-state index contributed by atoms with van der Waals surface area (Å²) in [5, 5.41) is 14.5. The van der Waals surface area contributed by atoms with Crippen molar-refractivity contribution in [1.82, 2.24) is 19.7 Å². The third-order valence-corrected chi connectivity index (χ3v) is 5.81. The average molecular weight is 482 g/mol. The Bertz CT molecular complexity index is 1170. The Morgan fingerprint density at radius 3 is 2.50 bits per heavy atom. The van der Waals surface area contributed by atoms with Crippen LogP contribution in [0.3, 0.4) is 0 Å². The Morgan fingerprint density at radius 2 is 1.91 bits per heavy atom. The largest absolute Gasteiger partial charge is 0.416 e. The lowest BCUT2D eigenvalue weighted by molar-refractivity contribution is -0.255. The van der Waals surface area contributed by atoms with E-state index in [2.05, 4.69) is 10.1 Å². The number of aliphatic hydroxyl groups is 1. The van der Waals surface area contributed by atoms with Crippen LogP contribution in [0, 0.1) is 11.6 Å². The zero-order valence-corrected chi connectivity index (χ0v) is 17.7. The molecule has 180 valence electrons. The minimum atomic E-state index is -4.57. The number of nitrogens with zero attached hydrogens (tertiary/aromatic N) is 4. The number of hydrogen-bond acceptors (Lipinski definition) is 5. The summed E-state index contributed by atoms with van der Waals surface area (Å²) in [5.41, 5.74) is -2.86. The smallest absolute Gasteiger partial charge is 0.366 e. The molecular weight excluding hydrogens is 463 g/mol. The van der Waals surface area contributed by atoms with Crippen molar-refractivity contribution in [3.63, 3.8) is 0 Å². The van der Waals surface area contributed by atoms with Crippen LogP contribution in [0.15, 0.2) is 55.1 Å². The molecule has 0 aliphatic carbocycles. The van der Waals surface area contributed by atoms with Crippen LogP contribution in [0.1, 0.15) is 28.4 Å². The molecule has 2 aromatic carbocycles. The first-order valence-corrected chi connectivity index (χ1v) is 10.1. The van der Waals surface area contributed by atoms with E-state index in [4.69, 9.17) is 4.74 Å². The lowest BCUT2D eigenvalue weighted by atomic mass is 9.83. The molecule has 34 heavy (non-hydrogen) atoms. The van der Waals surface area contributed by atoms with E-state index < -0.39 is 47.2 Å². The molecule has 0 saturated carbocycles. The van der Waals surface area contributed by atoms with Crippen molar-refractivity contribution in [2.45, 2.75) is 37.6 Å². The molecule has 3 aromatic rings. The summed E-state index contributed by atoms with van der Waals surface area (Å²) in [6.45, 7) is 1.00. The quantitative estimate of drug-likeness (QED) is 0.577. The van der Waals surface area contributed by atoms with Gasteiger partial charge in [0.2, 0.25) is 0 Å². The predicted molar refractivity (Wildman–Crippen MR) is 107 cm³/mol. The number of rotatable bonds is 4. The Balaban J connectivity index is 1.76. The van der Waals surface area contributed by atoms with Crippen molar-refractivity contribution < 1.29 is 36.6 Å². The molecule has 0 bridgehead atoms. The standard InChI is InChI=1S/C22H19F5N4O3/c1-13-21(10-30-12-28-11-29-30,17-7-6-16(23)8-18(17)24)34-19(32)9-31(13)20(33)14-2-4-15(5-3-14)22(25,26)27/h2-8,11-13,19,32H,9-10H2,1H3/t13-,19-,21-/m1/s1. The van der Waals surface area contributed by atoms with Crippen molar-refractivity contribution in [2.24, 2.45) is 0 Å². The second kappa shape index (κ2) is 8.76. The van der Waals surface area contributed by atoms with E-state index in [0.29, 0.717) is 6.07 Å². The number of alkyl halides is 3. The topological polar surface area (TPSA) is 80.5 Å². The molecule has 2 heterocycles. The number of hydrogen-bond donors (Lipinski definition) is 1. The summed E-state index contributed by atoms with van der Waals surface area (Å²) in [4.78, 5) is 18.3. The molecule has 7 nitrogen and oxygen atoms in total. The van der Waals surface area contributed by atoms with Gasteiger partial charge in [-0.3, -0.25) is 4.79 Å². The SMILES string of the molecule is C[C@H]1N(C(=O)c2ccc(C(F)(F)F)cc2)C[C@H](O)O[C@@]1(Cn1cncn1)c1ccc(F)cc1F. The fourth-order valence-corrected chi connectivity index (χ4v) is 4.11. The van der Waals surface area contributed by atoms with Crippen LogP contribution in [0.4, 0.5) is 22.0 Å². The van der Waals surface area contributed by atoms with Crippen molar-refractivity contribution in [2.75, 3.05) is 6.54 Å². The molecule has 1 aliphatic heterocycles. The van der Waals surface area contributed by atoms with Gasteiger partial charge < -0.3 is 14.7 Å². The van der Waals surface area contributed by atoms with E-state index in [9.17, 15) is 31.9 Å². The maximum Gasteiger partial charge on any atom is 0.416 e. The Kier molecular flexibility index (Phi) is 6.13. The van der Waals surface area contributed by atoms with Gasteiger partial charge >= 0.3 is 6.18 Å². The molecule has 1 saturated heterocycles. The number of morpholine rings is 1. The van der Waals surface area contributed by atoms with E-state index in [-0.39, 0.29) is 24.2 Å². The zero-order valence-electron chi connectivity index (χ0n) is 17.7. The van der Waals surface area contributed by atoms with E-state index in [1.54, 1.807) is 0 Å². The number of carbonyl (C=O) groups excluding carboxylic acids is 1. The summed E-state index contributed by atoms with van der Waals surface area (Å²) in [6, 6.07) is 5.45. The van der Waals surface area contributed by atoms with Gasteiger partial charge in [0.15, 0.2) is 6.29 Å². The first-order chi connectivity index (χ1) is 16.0. The highest BCUT2D eigenvalue weighted by Crippen LogP contribution is 2.40. The highest BCUT2D eigenvalue weighted by Gasteiger charge is 2.51.